The molecule has 2 aromatic heterocycles. The minimum Gasteiger partial charge on any atom is -0.380 e. The third kappa shape index (κ3) is 2.66. The number of hydrogen-bond acceptors (Lipinski definition) is 4. The van der Waals surface area contributed by atoms with Gasteiger partial charge in [0.15, 0.2) is 11.6 Å². The van der Waals surface area contributed by atoms with Crippen LogP contribution in [0.4, 0.5) is 19.0 Å². The summed E-state index contributed by atoms with van der Waals surface area (Å²) in [6, 6.07) is 3.65. The fourth-order valence-corrected chi connectivity index (χ4v) is 3.86. The monoisotopic (exact) mass is 316 g/mol. The van der Waals surface area contributed by atoms with Crippen LogP contribution in [0.2, 0.25) is 0 Å². The molecule has 0 spiro atoms. The Kier molecular flexibility index (Phi) is 3.69. The number of hydrogen-bond donors (Lipinski definition) is 1. The van der Waals surface area contributed by atoms with Crippen molar-refractivity contribution >= 4 is 17.2 Å². The average Bonchev–Trinajstić information content (AvgIpc) is 3.06. The molecule has 2 atom stereocenters. The lowest BCUT2D eigenvalue weighted by Crippen LogP contribution is -2.31. The molecular formula is C14H15F3N2OS. The van der Waals surface area contributed by atoms with Crippen molar-refractivity contribution in [3.05, 3.63) is 23.3 Å². The van der Waals surface area contributed by atoms with Crippen molar-refractivity contribution in [2.24, 2.45) is 5.92 Å². The first-order chi connectivity index (χ1) is 9.98. The Bertz CT molecular complexity index is 606. The van der Waals surface area contributed by atoms with Crippen LogP contribution in [0, 0.1) is 5.92 Å². The molecule has 0 saturated heterocycles. The molecule has 1 aliphatic carbocycles. The Hall–Kier alpha value is -1.50. The van der Waals surface area contributed by atoms with Gasteiger partial charge in [0, 0.05) is 10.8 Å². The maximum Gasteiger partial charge on any atom is 0.392 e. The van der Waals surface area contributed by atoms with Crippen molar-refractivity contribution < 1.29 is 17.7 Å². The summed E-state index contributed by atoms with van der Waals surface area (Å²) in [5.74, 6) is -1.62. The van der Waals surface area contributed by atoms with E-state index in [1.165, 1.54) is 11.3 Å². The van der Waals surface area contributed by atoms with Gasteiger partial charge in [0.05, 0.1) is 11.5 Å². The molecule has 0 aliphatic heterocycles. The quantitative estimate of drug-likeness (QED) is 0.864. The van der Waals surface area contributed by atoms with Crippen molar-refractivity contribution in [3.8, 4) is 10.4 Å². The van der Waals surface area contributed by atoms with Gasteiger partial charge in [0.25, 0.3) is 0 Å². The molecule has 0 radical (unpaired) electrons. The van der Waals surface area contributed by atoms with Gasteiger partial charge in [-0.25, -0.2) is 0 Å². The minimum absolute atomic E-state index is 0.138. The molecule has 2 aromatic rings. The highest BCUT2D eigenvalue weighted by atomic mass is 32.1. The smallest absolute Gasteiger partial charge is 0.380 e. The van der Waals surface area contributed by atoms with Crippen LogP contribution in [-0.2, 0) is 0 Å². The van der Waals surface area contributed by atoms with Crippen molar-refractivity contribution in [1.29, 1.82) is 0 Å². The molecule has 3 nitrogen and oxygen atoms in total. The zero-order valence-electron chi connectivity index (χ0n) is 11.2. The topological polar surface area (TPSA) is 52.0 Å². The van der Waals surface area contributed by atoms with Gasteiger partial charge in [-0.1, -0.05) is 24.1 Å². The third-order valence-electron chi connectivity index (χ3n) is 4.04. The van der Waals surface area contributed by atoms with Gasteiger partial charge < -0.3 is 10.3 Å². The molecule has 2 heterocycles. The highest BCUT2D eigenvalue weighted by Gasteiger charge is 2.48. The molecule has 0 aromatic carbocycles. The van der Waals surface area contributed by atoms with E-state index in [1.807, 2.05) is 17.5 Å². The van der Waals surface area contributed by atoms with Crippen molar-refractivity contribution in [2.45, 2.75) is 37.8 Å². The molecule has 0 bridgehead atoms. The van der Waals surface area contributed by atoms with Gasteiger partial charge >= 0.3 is 6.18 Å². The van der Waals surface area contributed by atoms with Crippen LogP contribution in [-0.4, -0.2) is 11.3 Å². The molecule has 1 fully saturated rings. The van der Waals surface area contributed by atoms with Crippen LogP contribution in [0.5, 0.6) is 0 Å². The molecule has 7 heteroatoms. The SMILES string of the molecule is Nc1noc(C2CCCCC2C(F)(F)F)c1-c1cccs1. The molecule has 21 heavy (non-hydrogen) atoms. The Morgan fingerprint density at radius 3 is 2.71 bits per heavy atom. The summed E-state index contributed by atoms with van der Waals surface area (Å²) in [4.78, 5) is 0.801. The number of anilines is 1. The van der Waals surface area contributed by atoms with E-state index >= 15 is 0 Å². The van der Waals surface area contributed by atoms with E-state index in [9.17, 15) is 13.2 Å². The molecule has 114 valence electrons. The van der Waals surface area contributed by atoms with E-state index in [1.54, 1.807) is 0 Å². The lowest BCUT2D eigenvalue weighted by atomic mass is 9.76. The second-order valence-corrected chi connectivity index (χ2v) is 6.27. The maximum atomic E-state index is 13.3. The molecule has 0 amide bonds. The van der Waals surface area contributed by atoms with E-state index in [0.717, 1.165) is 11.3 Å². The van der Waals surface area contributed by atoms with Gasteiger partial charge in [-0.3, -0.25) is 0 Å². The Morgan fingerprint density at radius 2 is 2.05 bits per heavy atom. The van der Waals surface area contributed by atoms with E-state index in [2.05, 4.69) is 5.16 Å². The number of thiophene rings is 1. The van der Waals surface area contributed by atoms with Gasteiger partial charge in [0.2, 0.25) is 0 Å². The fourth-order valence-electron chi connectivity index (χ4n) is 3.07. The minimum atomic E-state index is -4.22. The summed E-state index contributed by atoms with van der Waals surface area (Å²) in [5.41, 5.74) is 6.35. The Balaban J connectivity index is 2.03. The van der Waals surface area contributed by atoms with Crippen molar-refractivity contribution in [3.63, 3.8) is 0 Å². The summed E-state index contributed by atoms with van der Waals surface area (Å²) < 4.78 is 45.0. The maximum absolute atomic E-state index is 13.3. The first-order valence-corrected chi connectivity index (χ1v) is 7.72. The number of rotatable bonds is 2. The number of alkyl halides is 3. The number of halogens is 3. The largest absolute Gasteiger partial charge is 0.392 e. The van der Waals surface area contributed by atoms with Crippen LogP contribution in [0.15, 0.2) is 22.0 Å². The van der Waals surface area contributed by atoms with Crippen molar-refractivity contribution in [2.75, 3.05) is 5.73 Å². The zero-order valence-corrected chi connectivity index (χ0v) is 12.0. The Labute approximate surface area is 123 Å². The van der Waals surface area contributed by atoms with Gasteiger partial charge in [-0.05, 0) is 24.3 Å². The number of nitrogens with zero attached hydrogens (tertiary/aromatic N) is 1. The van der Waals surface area contributed by atoms with Crippen LogP contribution in [0.3, 0.4) is 0 Å². The van der Waals surface area contributed by atoms with Crippen LogP contribution >= 0.6 is 11.3 Å². The predicted octanol–water partition coefficient (Wildman–Crippen LogP) is 4.82. The first kappa shape index (κ1) is 14.4. The standard InChI is InChI=1S/C14H15F3N2OS/c15-14(16,17)9-5-2-1-4-8(9)12-11(13(18)19-20-12)10-6-3-7-21-10/h3,6-9H,1-2,4-5H2,(H2,18,19). The lowest BCUT2D eigenvalue weighted by Gasteiger charge is -2.31. The molecule has 1 aliphatic rings. The molecule has 1 saturated carbocycles. The predicted molar refractivity (Wildman–Crippen MR) is 75.0 cm³/mol. The fraction of sp³-hybridized carbons (Fsp3) is 0.500. The third-order valence-corrected chi connectivity index (χ3v) is 4.92. The summed E-state index contributed by atoms with van der Waals surface area (Å²) in [6.45, 7) is 0. The number of aromatic nitrogens is 1. The second-order valence-electron chi connectivity index (χ2n) is 5.32. The van der Waals surface area contributed by atoms with Gasteiger partial charge in [-0.15, -0.1) is 11.3 Å². The van der Waals surface area contributed by atoms with E-state index in [0.29, 0.717) is 18.4 Å². The van der Waals surface area contributed by atoms with E-state index in [4.69, 9.17) is 10.3 Å². The summed E-state index contributed by atoms with van der Waals surface area (Å²) >= 11 is 1.42. The van der Waals surface area contributed by atoms with Gasteiger partial charge in [0.1, 0.15) is 0 Å². The second kappa shape index (κ2) is 5.36. The lowest BCUT2D eigenvalue weighted by molar-refractivity contribution is -0.188. The first-order valence-electron chi connectivity index (χ1n) is 6.84. The van der Waals surface area contributed by atoms with E-state index < -0.39 is 18.0 Å². The zero-order chi connectivity index (χ0) is 15.0. The molecule has 3 rings (SSSR count). The van der Waals surface area contributed by atoms with E-state index in [-0.39, 0.29) is 18.0 Å². The van der Waals surface area contributed by atoms with Crippen LogP contribution < -0.4 is 5.73 Å². The summed E-state index contributed by atoms with van der Waals surface area (Å²) in [7, 11) is 0. The molecular weight excluding hydrogens is 301 g/mol. The van der Waals surface area contributed by atoms with Crippen LogP contribution in [0.25, 0.3) is 10.4 Å². The normalized spacial score (nSPS) is 23.4. The Morgan fingerprint density at radius 1 is 1.29 bits per heavy atom. The highest BCUT2D eigenvalue weighted by Crippen LogP contribution is 2.49. The molecule has 2 N–H and O–H groups in total. The number of nitrogens with two attached hydrogens (primary N) is 1. The average molecular weight is 316 g/mol. The number of nitrogen functional groups attached to an aromatic ring is 1. The van der Waals surface area contributed by atoms with Crippen molar-refractivity contribution in [1.82, 2.24) is 5.16 Å². The van der Waals surface area contributed by atoms with Crippen LogP contribution in [0.1, 0.15) is 37.4 Å². The molecule has 2 unspecified atom stereocenters. The highest BCUT2D eigenvalue weighted by molar-refractivity contribution is 7.13. The van der Waals surface area contributed by atoms with Gasteiger partial charge in [-0.2, -0.15) is 13.2 Å². The summed E-state index contributed by atoms with van der Waals surface area (Å²) in [6.07, 6.45) is -2.27. The summed E-state index contributed by atoms with van der Waals surface area (Å²) in [5, 5.41) is 5.56.